The van der Waals surface area contributed by atoms with E-state index < -0.39 is 34.4 Å². The number of carbonyl (C=O) groups excluding carboxylic acids is 3. The third kappa shape index (κ3) is 3.70. The van der Waals surface area contributed by atoms with E-state index in [4.69, 9.17) is 5.11 Å². The van der Waals surface area contributed by atoms with Crippen molar-refractivity contribution in [2.45, 2.75) is 26.3 Å². The average molecular weight is 362 g/mol. The van der Waals surface area contributed by atoms with Crippen LogP contribution in [0.3, 0.4) is 0 Å². The molecule has 1 saturated heterocycles. The number of rotatable bonds is 5. The normalized spacial score (nSPS) is 22.7. The van der Waals surface area contributed by atoms with E-state index in [1.54, 1.807) is 6.92 Å². The van der Waals surface area contributed by atoms with Crippen LogP contribution in [0.4, 0.5) is 0 Å². The molecule has 0 aromatic rings. The average Bonchev–Trinajstić information content (AvgIpc) is 2.82. The second-order valence-electron chi connectivity index (χ2n) is 5.11. The molecule has 2 atom stereocenters. The number of aliphatic hydroxyl groups excluding tert-OH is 1. The zero-order chi connectivity index (χ0) is 17.3. The van der Waals surface area contributed by atoms with Crippen molar-refractivity contribution in [2.75, 3.05) is 6.61 Å². The minimum Gasteiger partial charge on any atom is -0.543 e. The third-order valence-corrected chi connectivity index (χ3v) is 4.82. The maximum absolute atomic E-state index is 12.2. The van der Waals surface area contributed by atoms with Crippen LogP contribution < -0.4 is 40.0 Å². The van der Waals surface area contributed by atoms with Gasteiger partial charge in [0.1, 0.15) is 0 Å². The Labute approximate surface area is 163 Å². The molecule has 0 aromatic heterocycles. The van der Waals surface area contributed by atoms with Gasteiger partial charge in [-0.1, -0.05) is 0 Å². The first-order valence-corrected chi connectivity index (χ1v) is 7.93. The van der Waals surface area contributed by atoms with E-state index >= 15 is 0 Å². The van der Waals surface area contributed by atoms with Crippen LogP contribution in [0.5, 0.6) is 0 Å². The van der Waals surface area contributed by atoms with Crippen molar-refractivity contribution in [3.05, 3.63) is 33.4 Å². The van der Waals surface area contributed by atoms with Gasteiger partial charge in [0.15, 0.2) is 0 Å². The van der Waals surface area contributed by atoms with Crippen LogP contribution in [-0.2, 0) is 25.2 Å². The van der Waals surface area contributed by atoms with Crippen LogP contribution >= 0.6 is 0 Å². The number of β-lactam (4-membered cyclic amide) rings is 1. The summed E-state index contributed by atoms with van der Waals surface area (Å²) in [5, 5.41) is 23.9. The molecule has 0 radical (unpaired) electrons. The van der Waals surface area contributed by atoms with Gasteiger partial charge in [-0.15, -0.1) is 0 Å². The summed E-state index contributed by atoms with van der Waals surface area (Å²) >= 11 is 0. The Hall–Kier alpha value is -1.26. The molecule has 24 heavy (non-hydrogen) atoms. The molecule has 8 nitrogen and oxygen atoms in total. The molecule has 2 unspecified atom stereocenters. The molecular weight excluding hydrogens is 347 g/mol. The fourth-order valence-electron chi connectivity index (χ4n) is 2.57. The topological polar surface area (TPSA) is 127 Å². The predicted molar refractivity (Wildman–Crippen MR) is 78.2 cm³/mol. The van der Waals surface area contributed by atoms with Gasteiger partial charge in [-0.05, 0) is 12.5 Å². The van der Waals surface area contributed by atoms with Crippen molar-refractivity contribution in [3.63, 3.8) is 0 Å². The van der Waals surface area contributed by atoms with Gasteiger partial charge < -0.3 is 20.3 Å². The molecule has 2 N–H and O–H groups in total. The standard InChI is InChI=1S/C14H16N2O6S.Na/c1-7(6-17)11-9-5-10(23(22)4-3-15-8(2)18)12(14(20)21)16(9)13(11)19;/h3-4,9,17H,5-6H2,1-2H3,(H,15,18)(H,20,21);/q;+1/p-1/b4-3+,11-7+;. The quantitative estimate of drug-likeness (QED) is 0.287. The second kappa shape index (κ2) is 8.21. The summed E-state index contributed by atoms with van der Waals surface area (Å²) < 4.78 is 12.2. The van der Waals surface area contributed by atoms with E-state index in [9.17, 15) is 23.7 Å². The SMILES string of the molecule is CC(=O)N/C=C/S(=O)C1=C(C(=O)[O-])N2C(=O)/C(=C(\C)CO)C2C1.[Na+]. The van der Waals surface area contributed by atoms with Crippen molar-refractivity contribution in [1.82, 2.24) is 10.2 Å². The predicted octanol–water partition coefficient (Wildman–Crippen LogP) is -4.77. The van der Waals surface area contributed by atoms with Gasteiger partial charge in [0.05, 0.1) is 35.1 Å². The molecule has 2 amide bonds. The van der Waals surface area contributed by atoms with Gasteiger partial charge in [-0.25, -0.2) is 4.21 Å². The van der Waals surface area contributed by atoms with Crippen molar-refractivity contribution < 1.29 is 58.4 Å². The maximum atomic E-state index is 12.2. The van der Waals surface area contributed by atoms with Crippen LogP contribution in [0.25, 0.3) is 0 Å². The molecular formula is C14H15N2NaO6S. The number of carboxylic acid groups (broad SMARTS) is 1. The third-order valence-electron chi connectivity index (χ3n) is 3.59. The second-order valence-corrected chi connectivity index (χ2v) is 6.47. The number of amides is 2. The van der Waals surface area contributed by atoms with Gasteiger partial charge >= 0.3 is 29.6 Å². The van der Waals surface area contributed by atoms with E-state index in [1.807, 2.05) is 0 Å². The largest absolute Gasteiger partial charge is 1.00 e. The number of fused-ring (bicyclic) bond motifs is 1. The summed E-state index contributed by atoms with van der Waals surface area (Å²) in [7, 11) is -1.82. The van der Waals surface area contributed by atoms with Gasteiger partial charge in [0, 0.05) is 35.4 Å². The molecule has 0 bridgehead atoms. The molecule has 2 aliphatic heterocycles. The first kappa shape index (κ1) is 20.8. The Bertz CT molecular complexity index is 712. The molecule has 2 rings (SSSR count). The Morgan fingerprint density at radius 3 is 2.58 bits per heavy atom. The van der Waals surface area contributed by atoms with E-state index in [-0.39, 0.29) is 53.4 Å². The summed E-state index contributed by atoms with van der Waals surface area (Å²) in [6, 6.07) is -0.546. The summed E-state index contributed by atoms with van der Waals surface area (Å²) in [6.07, 6.45) is 1.24. The molecule has 10 heteroatoms. The number of nitrogens with one attached hydrogen (secondary N) is 1. The number of hydrogen-bond donors (Lipinski definition) is 2. The van der Waals surface area contributed by atoms with Gasteiger partial charge in [0.2, 0.25) is 5.91 Å². The molecule has 0 saturated carbocycles. The first-order chi connectivity index (χ1) is 10.8. The summed E-state index contributed by atoms with van der Waals surface area (Å²) in [5.41, 5.74) is 0.388. The Balaban J connectivity index is 0.00000288. The number of carboxylic acids is 1. The van der Waals surface area contributed by atoms with Crippen molar-refractivity contribution in [2.24, 2.45) is 0 Å². The first-order valence-electron chi connectivity index (χ1n) is 6.72. The number of carbonyl (C=O) groups is 3. The zero-order valence-electron chi connectivity index (χ0n) is 13.5. The number of nitrogens with zero attached hydrogens (tertiary/aromatic N) is 1. The summed E-state index contributed by atoms with van der Waals surface area (Å²) in [5.74, 6) is -2.47. The van der Waals surface area contributed by atoms with Crippen molar-refractivity contribution in [3.8, 4) is 0 Å². The molecule has 0 aromatic carbocycles. The number of aliphatic carboxylic acids is 1. The fraction of sp³-hybridized carbons (Fsp3) is 0.357. The van der Waals surface area contributed by atoms with E-state index in [1.165, 1.54) is 6.92 Å². The number of aliphatic hydroxyl groups is 1. The molecule has 1 fully saturated rings. The monoisotopic (exact) mass is 362 g/mol. The molecule has 0 aliphatic carbocycles. The molecule has 2 aliphatic rings. The Morgan fingerprint density at radius 1 is 1.46 bits per heavy atom. The minimum atomic E-state index is -1.82. The van der Waals surface area contributed by atoms with Crippen LogP contribution in [0, 0.1) is 0 Å². The fourth-order valence-corrected chi connectivity index (χ4v) is 3.62. The summed E-state index contributed by atoms with van der Waals surface area (Å²) in [6.45, 7) is 2.54. The van der Waals surface area contributed by atoms with Gasteiger partial charge in [-0.2, -0.15) is 0 Å². The van der Waals surface area contributed by atoms with E-state index in [2.05, 4.69) is 5.32 Å². The Kier molecular flexibility index (Phi) is 7.11. The minimum absolute atomic E-state index is 0. The van der Waals surface area contributed by atoms with Crippen molar-refractivity contribution in [1.29, 1.82) is 0 Å². The number of hydrogen-bond acceptors (Lipinski definition) is 6. The van der Waals surface area contributed by atoms with E-state index in [0.29, 0.717) is 11.1 Å². The smallest absolute Gasteiger partial charge is 0.543 e. The molecule has 124 valence electrons. The molecule has 2 heterocycles. The van der Waals surface area contributed by atoms with Crippen molar-refractivity contribution >= 4 is 28.6 Å². The van der Waals surface area contributed by atoms with E-state index in [0.717, 1.165) is 16.5 Å². The van der Waals surface area contributed by atoms with Gasteiger partial charge in [0.25, 0.3) is 5.91 Å². The van der Waals surface area contributed by atoms with Crippen LogP contribution in [0.15, 0.2) is 33.4 Å². The van der Waals surface area contributed by atoms with Crippen LogP contribution in [0.2, 0.25) is 0 Å². The Morgan fingerprint density at radius 2 is 2.08 bits per heavy atom. The zero-order valence-corrected chi connectivity index (χ0v) is 16.3. The van der Waals surface area contributed by atoms with Gasteiger partial charge in [-0.3, -0.25) is 14.5 Å². The summed E-state index contributed by atoms with van der Waals surface area (Å²) in [4.78, 5) is 35.3. The molecule has 0 spiro atoms. The maximum Gasteiger partial charge on any atom is 1.00 e. The van der Waals surface area contributed by atoms with Crippen LogP contribution in [-0.4, -0.2) is 44.6 Å². The van der Waals surface area contributed by atoms with Crippen LogP contribution in [0.1, 0.15) is 20.3 Å².